The lowest BCUT2D eigenvalue weighted by molar-refractivity contribution is 0.0953. The van der Waals surface area contributed by atoms with Gasteiger partial charge in [-0.3, -0.25) is 9.59 Å². The third-order valence-corrected chi connectivity index (χ3v) is 5.77. The van der Waals surface area contributed by atoms with Crippen LogP contribution in [0.25, 0.3) is 33.4 Å². The molecule has 2 aliphatic rings. The van der Waals surface area contributed by atoms with Crippen LogP contribution < -0.4 is 10.7 Å². The predicted molar refractivity (Wildman–Crippen MR) is 126 cm³/mol. The Morgan fingerprint density at radius 2 is 1.77 bits per heavy atom. The van der Waals surface area contributed by atoms with Gasteiger partial charge in [-0.15, -0.1) is 0 Å². The monoisotopic (exact) mass is 453 g/mol. The molecule has 1 heterocycles. The van der Waals surface area contributed by atoms with Crippen LogP contribution in [0.1, 0.15) is 36.5 Å². The third-order valence-electron chi connectivity index (χ3n) is 5.24. The maximum atomic E-state index is 12.4. The summed E-state index contributed by atoms with van der Waals surface area (Å²) in [5, 5.41) is 4.43. The van der Waals surface area contributed by atoms with E-state index in [-0.39, 0.29) is 16.4 Å². The molecule has 0 radical (unpaired) electrons. The van der Waals surface area contributed by atoms with Gasteiger partial charge in [-0.25, -0.2) is 0 Å². The van der Waals surface area contributed by atoms with Crippen molar-refractivity contribution in [3.63, 3.8) is 0 Å². The van der Waals surface area contributed by atoms with Gasteiger partial charge in [-0.1, -0.05) is 55.1 Å². The van der Waals surface area contributed by atoms with E-state index in [1.165, 1.54) is 6.07 Å². The number of fused-ring (bicyclic) bond motifs is 2. The van der Waals surface area contributed by atoms with Crippen LogP contribution in [-0.2, 0) is 0 Å². The quantitative estimate of drug-likeness (QED) is 0.258. The minimum Gasteiger partial charge on any atom is -0.456 e. The van der Waals surface area contributed by atoms with Crippen molar-refractivity contribution >= 4 is 40.1 Å². The Bertz CT molecular complexity index is 1280. The minimum atomic E-state index is -0.299. The molecule has 0 aromatic heterocycles. The molecular weight excluding hydrogens is 433 g/mol. The lowest BCUT2D eigenvalue weighted by Gasteiger charge is -2.16. The average Bonchev–Trinajstić information content (AvgIpc) is 2.76. The molecule has 0 saturated heterocycles. The summed E-state index contributed by atoms with van der Waals surface area (Å²) in [6.07, 6.45) is 3.17. The Kier molecular flexibility index (Phi) is 6.30. The van der Waals surface area contributed by atoms with Crippen LogP contribution in [0.3, 0.4) is 0 Å². The molecule has 31 heavy (non-hydrogen) atoms. The second kappa shape index (κ2) is 9.13. The maximum Gasteiger partial charge on any atom is 0.251 e. The first-order valence-electron chi connectivity index (χ1n) is 10.2. The Morgan fingerprint density at radius 3 is 2.52 bits per heavy atom. The van der Waals surface area contributed by atoms with E-state index in [1.54, 1.807) is 30.3 Å². The zero-order chi connectivity index (χ0) is 22.0. The number of benzene rings is 3. The highest BCUT2D eigenvalue weighted by Crippen LogP contribution is 2.41. The van der Waals surface area contributed by atoms with Gasteiger partial charge in [0, 0.05) is 39.7 Å². The highest BCUT2D eigenvalue weighted by atomic mass is 35.5. The summed E-state index contributed by atoms with van der Waals surface area (Å²) in [6.45, 7) is 2.79. The van der Waals surface area contributed by atoms with Gasteiger partial charge >= 0.3 is 0 Å². The summed E-state index contributed by atoms with van der Waals surface area (Å²) in [6, 6.07) is 15.7. The molecule has 1 aliphatic carbocycles. The van der Waals surface area contributed by atoms with Crippen LogP contribution >= 0.6 is 23.2 Å². The van der Waals surface area contributed by atoms with E-state index >= 15 is 0 Å². The van der Waals surface area contributed by atoms with Crippen molar-refractivity contribution in [2.24, 2.45) is 0 Å². The Morgan fingerprint density at radius 1 is 1.00 bits per heavy atom. The number of hydrogen-bond donors (Lipinski definition) is 1. The largest absolute Gasteiger partial charge is 0.456 e. The molecule has 2 aromatic carbocycles. The molecule has 1 amide bonds. The van der Waals surface area contributed by atoms with Crippen LogP contribution in [0.4, 0.5) is 0 Å². The van der Waals surface area contributed by atoms with Crippen molar-refractivity contribution in [2.75, 3.05) is 6.54 Å². The summed E-state index contributed by atoms with van der Waals surface area (Å²) >= 11 is 12.4. The number of carbonyl (C=O) groups excluding carboxylic acids is 1. The molecule has 2 aromatic rings. The smallest absolute Gasteiger partial charge is 0.251 e. The molecule has 0 bridgehead atoms. The first-order chi connectivity index (χ1) is 15.0. The summed E-state index contributed by atoms with van der Waals surface area (Å²) < 4.78 is 5.94. The van der Waals surface area contributed by atoms with Gasteiger partial charge in [0.1, 0.15) is 11.3 Å². The Labute approximate surface area is 190 Å². The van der Waals surface area contributed by atoms with E-state index in [4.69, 9.17) is 27.6 Å². The SMILES string of the molecule is CCCCCNC(=O)c1ccc(-c2c3cc(Cl)c(=O)cc-3oc3ccc(Cl)cc23)cc1. The third kappa shape index (κ3) is 4.46. The first-order valence-corrected chi connectivity index (χ1v) is 11.0. The van der Waals surface area contributed by atoms with Crippen LogP contribution in [0.15, 0.2) is 63.8 Å². The average molecular weight is 454 g/mol. The molecular formula is C25H21Cl2NO3. The van der Waals surface area contributed by atoms with Gasteiger partial charge in [0.15, 0.2) is 0 Å². The van der Waals surface area contributed by atoms with Crippen molar-refractivity contribution in [3.05, 3.63) is 80.4 Å². The number of carbonyl (C=O) groups is 1. The van der Waals surface area contributed by atoms with E-state index in [2.05, 4.69) is 12.2 Å². The summed E-state index contributed by atoms with van der Waals surface area (Å²) in [5.41, 5.74) is 3.31. The van der Waals surface area contributed by atoms with Crippen LogP contribution in [-0.4, -0.2) is 12.5 Å². The van der Waals surface area contributed by atoms with E-state index in [9.17, 15) is 9.59 Å². The topological polar surface area (TPSA) is 59.3 Å². The standard InChI is InChI=1S/C25H21Cl2NO3/c1-2-3-4-11-28-25(30)16-7-5-15(6-8-16)24-18-12-17(26)9-10-22(18)31-23-14-21(29)20(27)13-19(23)24/h5-10,12-14H,2-4,11H2,1H3,(H,28,30). The number of halogens is 2. The summed E-state index contributed by atoms with van der Waals surface area (Å²) in [4.78, 5) is 24.5. The fraction of sp³-hybridized carbons (Fsp3) is 0.200. The predicted octanol–water partition coefficient (Wildman–Crippen LogP) is 6.79. The van der Waals surface area contributed by atoms with E-state index < -0.39 is 0 Å². The molecule has 1 aliphatic heterocycles. The minimum absolute atomic E-state index is 0.0949. The second-order valence-electron chi connectivity index (χ2n) is 7.44. The first kappa shape index (κ1) is 21.4. The van der Waals surface area contributed by atoms with E-state index in [1.807, 2.05) is 18.2 Å². The normalized spacial score (nSPS) is 11.2. The molecule has 0 spiro atoms. The van der Waals surface area contributed by atoms with Crippen LogP contribution in [0.2, 0.25) is 10.0 Å². The Balaban J connectivity index is 1.79. The van der Waals surface area contributed by atoms with E-state index in [0.717, 1.165) is 35.8 Å². The van der Waals surface area contributed by atoms with Crippen LogP contribution in [0.5, 0.6) is 0 Å². The molecule has 0 unspecified atom stereocenters. The zero-order valence-corrected chi connectivity index (χ0v) is 18.5. The van der Waals surface area contributed by atoms with Gasteiger partial charge in [0.05, 0.1) is 5.02 Å². The fourth-order valence-corrected chi connectivity index (χ4v) is 3.98. The Hall–Kier alpha value is -2.82. The molecule has 0 saturated carbocycles. The number of nitrogens with one attached hydrogen (secondary N) is 1. The second-order valence-corrected chi connectivity index (χ2v) is 8.28. The molecule has 0 atom stereocenters. The number of rotatable bonds is 6. The maximum absolute atomic E-state index is 12.4. The lowest BCUT2D eigenvalue weighted by atomic mass is 9.93. The van der Waals surface area contributed by atoms with Crippen molar-refractivity contribution in [1.82, 2.24) is 5.32 Å². The lowest BCUT2D eigenvalue weighted by Crippen LogP contribution is -2.24. The van der Waals surface area contributed by atoms with Crippen molar-refractivity contribution in [1.29, 1.82) is 0 Å². The van der Waals surface area contributed by atoms with Gasteiger partial charge in [0.25, 0.3) is 5.91 Å². The van der Waals surface area contributed by atoms with Gasteiger partial charge in [-0.05, 0) is 48.4 Å². The molecule has 4 rings (SSSR count). The van der Waals surface area contributed by atoms with E-state index in [0.29, 0.717) is 34.0 Å². The molecule has 158 valence electrons. The number of unbranched alkanes of at least 4 members (excludes halogenated alkanes) is 2. The summed E-state index contributed by atoms with van der Waals surface area (Å²) in [5.74, 6) is 0.347. The van der Waals surface area contributed by atoms with Gasteiger partial charge in [-0.2, -0.15) is 0 Å². The highest BCUT2D eigenvalue weighted by Gasteiger charge is 2.19. The summed E-state index contributed by atoms with van der Waals surface area (Å²) in [7, 11) is 0. The number of hydrogen-bond acceptors (Lipinski definition) is 3. The van der Waals surface area contributed by atoms with Crippen molar-refractivity contribution in [3.8, 4) is 22.5 Å². The zero-order valence-electron chi connectivity index (χ0n) is 17.0. The van der Waals surface area contributed by atoms with Gasteiger partial charge in [0.2, 0.25) is 5.43 Å². The van der Waals surface area contributed by atoms with Crippen molar-refractivity contribution in [2.45, 2.75) is 26.2 Å². The van der Waals surface area contributed by atoms with Crippen LogP contribution in [0, 0.1) is 0 Å². The number of amides is 1. The molecule has 4 nitrogen and oxygen atoms in total. The molecule has 1 N–H and O–H groups in total. The molecule has 0 fully saturated rings. The van der Waals surface area contributed by atoms with Crippen molar-refractivity contribution < 1.29 is 9.21 Å². The van der Waals surface area contributed by atoms with Gasteiger partial charge < -0.3 is 9.73 Å². The highest BCUT2D eigenvalue weighted by molar-refractivity contribution is 6.32. The fourth-order valence-electron chi connectivity index (χ4n) is 3.64. The molecule has 6 heteroatoms.